The van der Waals surface area contributed by atoms with E-state index in [9.17, 15) is 13.2 Å². The van der Waals surface area contributed by atoms with E-state index in [-0.39, 0.29) is 23.5 Å². The van der Waals surface area contributed by atoms with Crippen molar-refractivity contribution in [1.82, 2.24) is 5.32 Å². The molecule has 3 N–H and O–H groups in total. The van der Waals surface area contributed by atoms with Crippen molar-refractivity contribution in [2.45, 2.75) is 37.1 Å². The molecular formula is C19H22N2O4S. The van der Waals surface area contributed by atoms with Crippen molar-refractivity contribution in [2.75, 3.05) is 6.61 Å². The normalized spacial score (nSPS) is 14.5. The molecule has 0 spiro atoms. The van der Waals surface area contributed by atoms with E-state index >= 15 is 0 Å². The lowest BCUT2D eigenvalue weighted by molar-refractivity contribution is -0.123. The van der Waals surface area contributed by atoms with Crippen molar-refractivity contribution in [1.29, 1.82) is 0 Å². The number of ether oxygens (including phenoxy) is 1. The molecule has 26 heavy (non-hydrogen) atoms. The van der Waals surface area contributed by atoms with Gasteiger partial charge in [-0.05, 0) is 67.1 Å². The van der Waals surface area contributed by atoms with Gasteiger partial charge in [0.25, 0.3) is 5.91 Å². The van der Waals surface area contributed by atoms with Crippen molar-refractivity contribution >= 4 is 15.9 Å². The minimum atomic E-state index is -3.78. The van der Waals surface area contributed by atoms with E-state index in [2.05, 4.69) is 11.4 Å². The number of nitrogens with one attached hydrogen (secondary N) is 1. The first-order valence-electron chi connectivity index (χ1n) is 8.49. The summed E-state index contributed by atoms with van der Waals surface area (Å²) in [5.41, 5.74) is 3.30. The predicted molar refractivity (Wildman–Crippen MR) is 98.3 cm³/mol. The maximum atomic E-state index is 12.1. The molecule has 0 fully saturated rings. The second-order valence-corrected chi connectivity index (χ2v) is 8.04. The van der Waals surface area contributed by atoms with E-state index in [1.54, 1.807) is 19.1 Å². The molecule has 3 rings (SSSR count). The van der Waals surface area contributed by atoms with Gasteiger partial charge >= 0.3 is 0 Å². The smallest absolute Gasteiger partial charge is 0.258 e. The third kappa shape index (κ3) is 4.42. The van der Waals surface area contributed by atoms with Gasteiger partial charge in [-0.15, -0.1) is 0 Å². The third-order valence-corrected chi connectivity index (χ3v) is 5.42. The predicted octanol–water partition coefficient (Wildman–Crippen LogP) is 2.08. The zero-order chi connectivity index (χ0) is 18.7. The SMILES string of the molecule is C[C@@H](NC(=O)COc1ccc2c(c1)CCC2)c1cccc(S(N)(=O)=O)c1. The molecule has 2 aromatic rings. The summed E-state index contributed by atoms with van der Waals surface area (Å²) < 4.78 is 28.5. The molecule has 2 aromatic carbocycles. The Morgan fingerprint density at radius 3 is 2.73 bits per heavy atom. The molecule has 1 amide bonds. The average Bonchev–Trinajstić information content (AvgIpc) is 3.07. The lowest BCUT2D eigenvalue weighted by Gasteiger charge is -2.15. The van der Waals surface area contributed by atoms with Crippen molar-refractivity contribution in [3.05, 3.63) is 59.2 Å². The van der Waals surface area contributed by atoms with Crippen molar-refractivity contribution in [3.8, 4) is 5.75 Å². The van der Waals surface area contributed by atoms with Crippen LogP contribution in [0, 0.1) is 0 Å². The number of benzene rings is 2. The highest BCUT2D eigenvalue weighted by Crippen LogP contribution is 2.26. The van der Waals surface area contributed by atoms with Gasteiger partial charge in [0, 0.05) is 0 Å². The van der Waals surface area contributed by atoms with Gasteiger partial charge in [-0.25, -0.2) is 13.6 Å². The standard InChI is InChI=1S/C19H22N2O4S/c1-13(15-5-3-7-18(11-15)26(20,23)24)21-19(22)12-25-17-9-8-14-4-2-6-16(14)10-17/h3,5,7-11,13H,2,4,6,12H2,1H3,(H,21,22)(H2,20,23,24)/t13-/m1/s1. The van der Waals surface area contributed by atoms with Crippen LogP contribution in [0.3, 0.4) is 0 Å². The summed E-state index contributed by atoms with van der Waals surface area (Å²) in [6.45, 7) is 1.67. The summed E-state index contributed by atoms with van der Waals surface area (Å²) >= 11 is 0. The topological polar surface area (TPSA) is 98.5 Å². The summed E-state index contributed by atoms with van der Waals surface area (Å²) in [5, 5.41) is 7.94. The summed E-state index contributed by atoms with van der Waals surface area (Å²) in [6.07, 6.45) is 3.32. The van der Waals surface area contributed by atoms with Gasteiger partial charge in [0.1, 0.15) is 5.75 Å². The Balaban J connectivity index is 1.58. The van der Waals surface area contributed by atoms with E-state index in [0.717, 1.165) is 19.3 Å². The Hall–Kier alpha value is -2.38. The fourth-order valence-corrected chi connectivity index (χ4v) is 3.68. The molecule has 7 heteroatoms. The van der Waals surface area contributed by atoms with Crippen molar-refractivity contribution < 1.29 is 17.9 Å². The lowest BCUT2D eigenvalue weighted by atomic mass is 10.1. The van der Waals surface area contributed by atoms with Gasteiger partial charge < -0.3 is 10.1 Å². The molecule has 0 unspecified atom stereocenters. The maximum Gasteiger partial charge on any atom is 0.258 e. The third-order valence-electron chi connectivity index (χ3n) is 4.50. The molecule has 0 bridgehead atoms. The molecule has 0 radical (unpaired) electrons. The number of nitrogens with two attached hydrogens (primary N) is 1. The number of hydrogen-bond acceptors (Lipinski definition) is 4. The first-order chi connectivity index (χ1) is 12.3. The average molecular weight is 374 g/mol. The lowest BCUT2D eigenvalue weighted by Crippen LogP contribution is -2.31. The molecule has 0 aliphatic heterocycles. The number of sulfonamides is 1. The van der Waals surface area contributed by atoms with Gasteiger partial charge in [0.05, 0.1) is 10.9 Å². The Morgan fingerprint density at radius 2 is 1.96 bits per heavy atom. The van der Waals surface area contributed by atoms with Crippen LogP contribution in [0.5, 0.6) is 5.75 Å². The Kier molecular flexibility index (Phi) is 5.29. The Bertz CT molecular complexity index is 925. The fourth-order valence-electron chi connectivity index (χ4n) is 3.11. The van der Waals surface area contributed by atoms with Crippen molar-refractivity contribution in [3.63, 3.8) is 0 Å². The number of primary sulfonamides is 1. The minimum absolute atomic E-state index is 0.0190. The van der Waals surface area contributed by atoms with E-state index < -0.39 is 10.0 Å². The molecule has 6 nitrogen and oxygen atoms in total. The van der Waals surface area contributed by atoms with Crippen molar-refractivity contribution in [2.24, 2.45) is 5.14 Å². The van der Waals surface area contributed by atoms with Crippen LogP contribution in [0.4, 0.5) is 0 Å². The largest absolute Gasteiger partial charge is 0.484 e. The molecule has 0 aromatic heterocycles. The summed E-state index contributed by atoms with van der Waals surface area (Å²) in [7, 11) is -3.78. The molecule has 1 atom stereocenters. The number of fused-ring (bicyclic) bond motifs is 1. The highest BCUT2D eigenvalue weighted by atomic mass is 32.2. The zero-order valence-electron chi connectivity index (χ0n) is 14.6. The number of rotatable bonds is 6. The monoisotopic (exact) mass is 374 g/mol. The highest BCUT2D eigenvalue weighted by Gasteiger charge is 2.15. The maximum absolute atomic E-state index is 12.1. The number of amides is 1. The number of carbonyl (C=O) groups is 1. The highest BCUT2D eigenvalue weighted by molar-refractivity contribution is 7.89. The van der Waals surface area contributed by atoms with Crippen LogP contribution in [0.25, 0.3) is 0 Å². The minimum Gasteiger partial charge on any atom is -0.484 e. The van der Waals surface area contributed by atoms with Crippen LogP contribution in [0.1, 0.15) is 36.1 Å². The van der Waals surface area contributed by atoms with E-state index in [1.807, 2.05) is 12.1 Å². The van der Waals surface area contributed by atoms with Crippen LogP contribution in [-0.2, 0) is 27.7 Å². The van der Waals surface area contributed by atoms with Crippen LogP contribution in [0.15, 0.2) is 47.4 Å². The quantitative estimate of drug-likeness (QED) is 0.809. The van der Waals surface area contributed by atoms with E-state index in [1.165, 1.54) is 23.3 Å². The summed E-state index contributed by atoms with van der Waals surface area (Å²) in [4.78, 5) is 12.2. The van der Waals surface area contributed by atoms with Gasteiger partial charge in [-0.2, -0.15) is 0 Å². The first-order valence-corrected chi connectivity index (χ1v) is 10.0. The number of hydrogen-bond donors (Lipinski definition) is 2. The van der Waals surface area contributed by atoms with Gasteiger partial charge in [0.2, 0.25) is 10.0 Å². The van der Waals surface area contributed by atoms with Gasteiger partial charge in [0.15, 0.2) is 6.61 Å². The Morgan fingerprint density at radius 1 is 1.19 bits per heavy atom. The first kappa shape index (κ1) is 18.4. The second-order valence-electron chi connectivity index (χ2n) is 6.48. The van der Waals surface area contributed by atoms with Crippen LogP contribution in [-0.4, -0.2) is 20.9 Å². The number of carbonyl (C=O) groups excluding carboxylic acids is 1. The summed E-state index contributed by atoms with van der Waals surface area (Å²) in [6, 6.07) is 11.8. The zero-order valence-corrected chi connectivity index (χ0v) is 15.4. The molecule has 1 aliphatic rings. The van der Waals surface area contributed by atoms with Crippen LogP contribution >= 0.6 is 0 Å². The summed E-state index contributed by atoms with van der Waals surface area (Å²) in [5.74, 6) is 0.406. The molecular weight excluding hydrogens is 352 g/mol. The van der Waals surface area contributed by atoms with Crippen LogP contribution < -0.4 is 15.2 Å². The fraction of sp³-hybridized carbons (Fsp3) is 0.316. The second kappa shape index (κ2) is 7.47. The van der Waals surface area contributed by atoms with Crippen LogP contribution in [0.2, 0.25) is 0 Å². The molecule has 0 heterocycles. The van der Waals surface area contributed by atoms with E-state index in [4.69, 9.17) is 9.88 Å². The molecule has 0 saturated carbocycles. The van der Waals surface area contributed by atoms with Gasteiger partial charge in [-0.3, -0.25) is 4.79 Å². The van der Waals surface area contributed by atoms with Gasteiger partial charge in [-0.1, -0.05) is 18.2 Å². The molecule has 138 valence electrons. The number of aryl methyl sites for hydroxylation is 2. The Labute approximate surface area is 153 Å². The molecule has 1 aliphatic carbocycles. The van der Waals surface area contributed by atoms with E-state index in [0.29, 0.717) is 11.3 Å². The molecule has 0 saturated heterocycles.